The van der Waals surface area contributed by atoms with Crippen LogP contribution in [0.25, 0.3) is 11.0 Å². The Kier molecular flexibility index (Phi) is 5.79. The van der Waals surface area contributed by atoms with Gasteiger partial charge in [0.2, 0.25) is 17.6 Å². The summed E-state index contributed by atoms with van der Waals surface area (Å²) in [4.78, 5) is 40.9. The first-order valence-corrected chi connectivity index (χ1v) is 10.4. The van der Waals surface area contributed by atoms with Gasteiger partial charge in [0.25, 0.3) is 0 Å². The molecule has 4 aromatic heterocycles. The number of halogens is 3. The van der Waals surface area contributed by atoms with Crippen molar-refractivity contribution in [3.05, 3.63) is 59.3 Å². The Morgan fingerprint density at radius 3 is 2.49 bits per heavy atom. The summed E-state index contributed by atoms with van der Waals surface area (Å²) < 4.78 is 38.9. The monoisotopic (exact) mass is 486 g/mol. The number of nitrogens with one attached hydrogen (secondary N) is 2. The molecule has 0 spiro atoms. The molecule has 0 aromatic carbocycles. The van der Waals surface area contributed by atoms with Crippen LogP contribution >= 0.6 is 0 Å². The number of aromatic amines is 1. The van der Waals surface area contributed by atoms with Gasteiger partial charge in [-0.05, 0) is 23.1 Å². The third-order valence-electron chi connectivity index (χ3n) is 5.13. The Bertz CT molecular complexity index is 1420. The summed E-state index contributed by atoms with van der Waals surface area (Å²) in [6.45, 7) is 5.53. The molecule has 10 nitrogen and oxygen atoms in total. The number of H-pyrrole nitrogens is 1. The molecule has 13 heteroatoms. The van der Waals surface area contributed by atoms with Gasteiger partial charge in [-0.25, -0.2) is 9.97 Å². The zero-order valence-electron chi connectivity index (χ0n) is 18.9. The lowest BCUT2D eigenvalue weighted by Crippen LogP contribution is -2.20. The molecule has 0 fully saturated rings. The molecular weight excluding hydrogens is 465 g/mol. The summed E-state index contributed by atoms with van der Waals surface area (Å²) in [6.07, 6.45) is -0.147. The van der Waals surface area contributed by atoms with Crippen molar-refractivity contribution in [1.29, 1.82) is 0 Å². The zero-order valence-corrected chi connectivity index (χ0v) is 18.9. The fourth-order valence-electron chi connectivity index (χ4n) is 3.47. The Balaban J connectivity index is 1.53. The molecule has 35 heavy (non-hydrogen) atoms. The number of hydrogen-bond donors (Lipinski definition) is 3. The first kappa shape index (κ1) is 23.9. The lowest BCUT2D eigenvalue weighted by atomic mass is 9.86. The van der Waals surface area contributed by atoms with Crippen molar-refractivity contribution in [2.75, 3.05) is 11.1 Å². The molecule has 0 aliphatic carbocycles. The molecule has 4 heterocycles. The predicted octanol–water partition coefficient (Wildman–Crippen LogP) is 3.32. The minimum absolute atomic E-state index is 0.0627. The average Bonchev–Trinajstić information content (AvgIpc) is 3.40. The number of pyridine rings is 1. The SMILES string of the molecule is CC(C)(C)c1c[nH]c2nc(N)nc(C(=O)c3ccc(NC(=O)Cn4cc(C(F)(F)F)cn4)nc3)c12. The Labute approximate surface area is 196 Å². The predicted molar refractivity (Wildman–Crippen MR) is 121 cm³/mol. The molecule has 0 saturated heterocycles. The van der Waals surface area contributed by atoms with Crippen LogP contribution in [0.4, 0.5) is 24.9 Å². The van der Waals surface area contributed by atoms with Gasteiger partial charge < -0.3 is 16.0 Å². The number of ketones is 1. The van der Waals surface area contributed by atoms with E-state index in [2.05, 4.69) is 30.4 Å². The molecule has 0 radical (unpaired) electrons. The summed E-state index contributed by atoms with van der Waals surface area (Å²) in [6, 6.07) is 2.85. The van der Waals surface area contributed by atoms with Gasteiger partial charge in [-0.2, -0.15) is 23.3 Å². The third kappa shape index (κ3) is 4.98. The molecule has 0 aliphatic heterocycles. The van der Waals surface area contributed by atoms with E-state index < -0.39 is 30.0 Å². The minimum Gasteiger partial charge on any atom is -0.368 e. The number of amides is 1. The molecule has 4 N–H and O–H groups in total. The third-order valence-corrected chi connectivity index (χ3v) is 5.13. The summed E-state index contributed by atoms with van der Waals surface area (Å²) >= 11 is 0. The summed E-state index contributed by atoms with van der Waals surface area (Å²) in [5, 5.41) is 6.55. The number of alkyl halides is 3. The first-order valence-electron chi connectivity index (χ1n) is 10.4. The second kappa shape index (κ2) is 8.49. The van der Waals surface area contributed by atoms with Crippen molar-refractivity contribution >= 4 is 34.5 Å². The van der Waals surface area contributed by atoms with E-state index in [4.69, 9.17) is 5.73 Å². The van der Waals surface area contributed by atoms with Gasteiger partial charge in [0.15, 0.2) is 0 Å². The lowest BCUT2D eigenvalue weighted by molar-refractivity contribution is -0.137. The van der Waals surface area contributed by atoms with E-state index in [1.165, 1.54) is 18.3 Å². The normalized spacial score (nSPS) is 12.2. The summed E-state index contributed by atoms with van der Waals surface area (Å²) in [7, 11) is 0. The zero-order chi connectivity index (χ0) is 25.5. The number of anilines is 2. The fourth-order valence-corrected chi connectivity index (χ4v) is 3.47. The highest BCUT2D eigenvalue weighted by molar-refractivity contribution is 6.15. The van der Waals surface area contributed by atoms with E-state index in [0.717, 1.165) is 16.4 Å². The van der Waals surface area contributed by atoms with Crippen molar-refractivity contribution in [2.24, 2.45) is 0 Å². The topological polar surface area (TPSA) is 144 Å². The summed E-state index contributed by atoms with van der Waals surface area (Å²) in [5.41, 5.74) is 6.15. The molecule has 0 unspecified atom stereocenters. The van der Waals surface area contributed by atoms with Crippen molar-refractivity contribution in [2.45, 2.75) is 38.9 Å². The second-order valence-corrected chi connectivity index (χ2v) is 8.84. The molecule has 1 amide bonds. The van der Waals surface area contributed by atoms with Crippen LogP contribution in [0.2, 0.25) is 0 Å². The lowest BCUT2D eigenvalue weighted by Gasteiger charge is -2.18. The van der Waals surface area contributed by atoms with Crippen LogP contribution in [0, 0.1) is 0 Å². The molecular formula is C22H21F3N8O2. The molecule has 0 saturated carbocycles. The van der Waals surface area contributed by atoms with Crippen LogP contribution in [0.1, 0.15) is 48.0 Å². The smallest absolute Gasteiger partial charge is 0.368 e. The highest BCUT2D eigenvalue weighted by Gasteiger charge is 2.32. The van der Waals surface area contributed by atoms with Crippen LogP contribution in [-0.2, 0) is 22.9 Å². The minimum atomic E-state index is -4.55. The van der Waals surface area contributed by atoms with Gasteiger partial charge >= 0.3 is 6.18 Å². The maximum absolute atomic E-state index is 13.3. The number of hydrogen-bond acceptors (Lipinski definition) is 7. The number of aromatic nitrogens is 6. The van der Waals surface area contributed by atoms with Crippen molar-refractivity contribution in [1.82, 2.24) is 29.7 Å². The van der Waals surface area contributed by atoms with Gasteiger partial charge in [-0.3, -0.25) is 14.3 Å². The molecule has 0 aliphatic rings. The van der Waals surface area contributed by atoms with Crippen LogP contribution in [0.5, 0.6) is 0 Å². The van der Waals surface area contributed by atoms with Crippen LogP contribution < -0.4 is 11.1 Å². The van der Waals surface area contributed by atoms with Gasteiger partial charge in [0.05, 0.1) is 17.1 Å². The van der Waals surface area contributed by atoms with Crippen LogP contribution in [0.15, 0.2) is 36.9 Å². The highest BCUT2D eigenvalue weighted by atomic mass is 19.4. The Morgan fingerprint density at radius 2 is 1.89 bits per heavy atom. The standard InChI is InChI=1S/C22H21F3N8O2/c1-21(2,3)13-8-28-19-16(13)17(31-20(26)32-19)18(35)11-4-5-14(27-6-11)30-15(34)10-33-9-12(7-29-33)22(23,24)25/h4-9H,10H2,1-3H3,(H,27,30,34)(H3,26,28,31,32). The highest BCUT2D eigenvalue weighted by Crippen LogP contribution is 2.32. The van der Waals surface area contributed by atoms with Crippen LogP contribution in [0.3, 0.4) is 0 Å². The molecule has 4 aromatic rings. The maximum Gasteiger partial charge on any atom is 0.419 e. The van der Waals surface area contributed by atoms with E-state index in [1.54, 1.807) is 6.20 Å². The van der Waals surface area contributed by atoms with Crippen molar-refractivity contribution in [3.63, 3.8) is 0 Å². The van der Waals surface area contributed by atoms with E-state index in [-0.39, 0.29) is 28.4 Å². The quantitative estimate of drug-likeness (QED) is 0.367. The number of rotatable bonds is 5. The van der Waals surface area contributed by atoms with E-state index in [0.29, 0.717) is 17.2 Å². The Morgan fingerprint density at radius 1 is 1.14 bits per heavy atom. The second-order valence-electron chi connectivity index (χ2n) is 8.84. The summed E-state index contributed by atoms with van der Waals surface area (Å²) in [5.74, 6) is -1.02. The van der Waals surface area contributed by atoms with E-state index in [1.807, 2.05) is 20.8 Å². The molecule has 182 valence electrons. The largest absolute Gasteiger partial charge is 0.419 e. The first-order chi connectivity index (χ1) is 16.3. The van der Waals surface area contributed by atoms with Gasteiger partial charge in [-0.15, -0.1) is 0 Å². The van der Waals surface area contributed by atoms with Gasteiger partial charge in [-0.1, -0.05) is 20.8 Å². The maximum atomic E-state index is 13.3. The molecule has 0 bridgehead atoms. The fraction of sp³-hybridized carbons (Fsp3) is 0.273. The number of nitrogen functional groups attached to an aromatic ring is 1. The molecule has 4 rings (SSSR count). The van der Waals surface area contributed by atoms with E-state index >= 15 is 0 Å². The van der Waals surface area contributed by atoms with E-state index in [9.17, 15) is 22.8 Å². The van der Waals surface area contributed by atoms with Crippen LogP contribution in [-0.4, -0.2) is 41.4 Å². The van der Waals surface area contributed by atoms with Gasteiger partial charge in [0, 0.05) is 24.2 Å². The molecule has 0 atom stereocenters. The van der Waals surface area contributed by atoms with Crippen molar-refractivity contribution < 1.29 is 22.8 Å². The van der Waals surface area contributed by atoms with Gasteiger partial charge in [0.1, 0.15) is 23.7 Å². The average molecular weight is 486 g/mol. The Hall–Kier alpha value is -4.29. The number of nitrogens with two attached hydrogens (primary N) is 1. The number of nitrogens with zero attached hydrogens (tertiary/aromatic N) is 5. The number of carbonyl (C=O) groups excluding carboxylic acids is 2. The number of fused-ring (bicyclic) bond motifs is 1. The number of carbonyl (C=O) groups is 2. The van der Waals surface area contributed by atoms with Crippen molar-refractivity contribution in [3.8, 4) is 0 Å².